The summed E-state index contributed by atoms with van der Waals surface area (Å²) >= 11 is 0. The molecular weight excluding hydrogens is 584 g/mol. The SMILES string of the molecule is CCN1C(=O)C(CNC(=O)[C@@H]2CCCN2S(=O)(=O)c2cc3cc(F)ccc3o2)CN(c2ccc(C(F)(F)F)cc2)C1=O. The summed E-state index contributed by atoms with van der Waals surface area (Å²) < 4.78 is 85.7. The van der Waals surface area contributed by atoms with Crippen LogP contribution in [0.15, 0.2) is 58.0 Å². The van der Waals surface area contributed by atoms with Gasteiger partial charge in [-0.05, 0) is 62.2 Å². The van der Waals surface area contributed by atoms with Gasteiger partial charge in [0.05, 0.1) is 11.5 Å². The highest BCUT2D eigenvalue weighted by atomic mass is 32.2. The number of furan rings is 1. The molecule has 2 aliphatic rings. The number of anilines is 1. The van der Waals surface area contributed by atoms with Gasteiger partial charge in [-0.3, -0.25) is 19.4 Å². The van der Waals surface area contributed by atoms with Crippen LogP contribution in [-0.2, 0) is 25.8 Å². The highest BCUT2D eigenvalue weighted by molar-refractivity contribution is 7.89. The van der Waals surface area contributed by atoms with Gasteiger partial charge in [0, 0.05) is 43.3 Å². The predicted octanol–water partition coefficient (Wildman–Crippen LogP) is 3.96. The standard InChI is InChI=1S/C27H26F4N4O6S/c1-2-33-25(37)17(15-34(26(33)38)20-8-5-18(6-9-20)27(29,30)31)14-32-24(36)21-4-3-11-35(21)42(39,40)23-13-16-12-19(28)7-10-22(16)41-23/h5-10,12-13,17,21H,2-4,11,14-15H2,1H3,(H,32,36)/t17?,21-/m0/s1. The van der Waals surface area contributed by atoms with E-state index in [1.54, 1.807) is 6.92 Å². The highest BCUT2D eigenvalue weighted by Gasteiger charge is 2.43. The molecule has 15 heteroatoms. The third-order valence-corrected chi connectivity index (χ3v) is 9.11. The van der Waals surface area contributed by atoms with E-state index in [0.29, 0.717) is 6.42 Å². The van der Waals surface area contributed by atoms with Gasteiger partial charge in [-0.1, -0.05) is 0 Å². The van der Waals surface area contributed by atoms with E-state index in [2.05, 4.69) is 5.32 Å². The minimum Gasteiger partial charge on any atom is -0.443 e. The Morgan fingerprint density at radius 1 is 1.10 bits per heavy atom. The number of rotatable bonds is 7. The monoisotopic (exact) mass is 610 g/mol. The van der Waals surface area contributed by atoms with Gasteiger partial charge in [-0.2, -0.15) is 17.5 Å². The summed E-state index contributed by atoms with van der Waals surface area (Å²) in [6, 6.07) is 6.88. The van der Waals surface area contributed by atoms with E-state index in [0.717, 1.165) is 45.6 Å². The fraction of sp³-hybridized carbons (Fsp3) is 0.370. The number of alkyl halides is 3. The van der Waals surface area contributed by atoms with E-state index in [9.17, 15) is 40.4 Å². The molecule has 2 atom stereocenters. The maximum absolute atomic E-state index is 13.6. The zero-order chi connectivity index (χ0) is 30.4. The molecule has 1 N–H and O–H groups in total. The molecule has 2 aromatic carbocycles. The summed E-state index contributed by atoms with van der Waals surface area (Å²) in [6.45, 7) is 1.15. The number of imide groups is 1. The van der Waals surface area contributed by atoms with Crippen molar-refractivity contribution in [2.75, 3.05) is 31.1 Å². The van der Waals surface area contributed by atoms with E-state index in [-0.39, 0.29) is 49.3 Å². The molecule has 0 bridgehead atoms. The lowest BCUT2D eigenvalue weighted by molar-refractivity contribution is -0.137. The zero-order valence-electron chi connectivity index (χ0n) is 22.2. The molecular formula is C27H26F4N4O6S. The summed E-state index contributed by atoms with van der Waals surface area (Å²) in [4.78, 5) is 41.2. The van der Waals surface area contributed by atoms with Gasteiger partial charge in [0.1, 0.15) is 17.4 Å². The van der Waals surface area contributed by atoms with Crippen molar-refractivity contribution in [3.05, 3.63) is 59.9 Å². The predicted molar refractivity (Wildman–Crippen MR) is 141 cm³/mol. The van der Waals surface area contributed by atoms with Crippen LogP contribution in [0.3, 0.4) is 0 Å². The number of carbonyl (C=O) groups excluding carboxylic acids is 3. The van der Waals surface area contributed by atoms with Crippen molar-refractivity contribution in [1.82, 2.24) is 14.5 Å². The minimum absolute atomic E-state index is 0.00467. The molecule has 10 nitrogen and oxygen atoms in total. The molecule has 2 aliphatic heterocycles. The van der Waals surface area contributed by atoms with Gasteiger partial charge in [-0.15, -0.1) is 0 Å². The van der Waals surface area contributed by atoms with Crippen LogP contribution < -0.4 is 10.2 Å². The van der Waals surface area contributed by atoms with Crippen molar-refractivity contribution in [2.45, 2.75) is 37.1 Å². The highest BCUT2D eigenvalue weighted by Crippen LogP contribution is 2.33. The molecule has 2 fully saturated rings. The van der Waals surface area contributed by atoms with E-state index in [1.807, 2.05) is 0 Å². The Kier molecular flexibility index (Phi) is 7.74. The first-order chi connectivity index (χ1) is 19.8. The van der Waals surface area contributed by atoms with Crippen molar-refractivity contribution in [1.29, 1.82) is 0 Å². The Morgan fingerprint density at radius 3 is 2.48 bits per heavy atom. The van der Waals surface area contributed by atoms with E-state index in [4.69, 9.17) is 4.42 Å². The fourth-order valence-electron chi connectivity index (χ4n) is 5.19. The number of nitrogens with one attached hydrogen (secondary N) is 1. The number of sulfonamides is 1. The number of hydrogen-bond donors (Lipinski definition) is 1. The summed E-state index contributed by atoms with van der Waals surface area (Å²) in [6.07, 6.45) is -3.98. The first kappa shape index (κ1) is 29.5. The van der Waals surface area contributed by atoms with E-state index in [1.165, 1.54) is 17.0 Å². The maximum Gasteiger partial charge on any atom is 0.416 e. The third-order valence-electron chi connectivity index (χ3n) is 7.35. The van der Waals surface area contributed by atoms with Crippen LogP contribution in [0.4, 0.5) is 28.0 Å². The number of fused-ring (bicyclic) bond motifs is 1. The number of benzene rings is 2. The minimum atomic E-state index is -4.56. The summed E-state index contributed by atoms with van der Waals surface area (Å²) in [5.41, 5.74) is -0.582. The van der Waals surface area contributed by atoms with Crippen LogP contribution in [0.1, 0.15) is 25.3 Å². The van der Waals surface area contributed by atoms with Crippen molar-refractivity contribution in [2.24, 2.45) is 5.92 Å². The van der Waals surface area contributed by atoms with Crippen molar-refractivity contribution in [3.8, 4) is 0 Å². The van der Waals surface area contributed by atoms with Gasteiger partial charge in [-0.25, -0.2) is 17.6 Å². The largest absolute Gasteiger partial charge is 0.443 e. The molecule has 2 saturated heterocycles. The molecule has 1 unspecified atom stereocenters. The number of halogens is 4. The Morgan fingerprint density at radius 2 is 1.81 bits per heavy atom. The molecule has 1 aromatic heterocycles. The molecule has 0 radical (unpaired) electrons. The Balaban J connectivity index is 1.30. The molecule has 5 rings (SSSR count). The number of amides is 4. The molecule has 3 heterocycles. The van der Waals surface area contributed by atoms with Crippen LogP contribution in [0.25, 0.3) is 11.0 Å². The quantitative estimate of drug-likeness (QED) is 0.405. The molecule has 0 spiro atoms. The van der Waals surface area contributed by atoms with Crippen molar-refractivity contribution in [3.63, 3.8) is 0 Å². The topological polar surface area (TPSA) is 120 Å². The van der Waals surface area contributed by atoms with Gasteiger partial charge in [0.15, 0.2) is 0 Å². The van der Waals surface area contributed by atoms with Crippen LogP contribution in [-0.4, -0.2) is 67.7 Å². The smallest absolute Gasteiger partial charge is 0.416 e. The van der Waals surface area contributed by atoms with Crippen molar-refractivity contribution >= 4 is 44.5 Å². The molecule has 42 heavy (non-hydrogen) atoms. The van der Waals surface area contributed by atoms with Crippen LogP contribution in [0, 0.1) is 11.7 Å². The van der Waals surface area contributed by atoms with E-state index < -0.39 is 62.5 Å². The first-order valence-electron chi connectivity index (χ1n) is 13.1. The van der Waals surface area contributed by atoms with Crippen LogP contribution in [0.5, 0.6) is 0 Å². The summed E-state index contributed by atoms with van der Waals surface area (Å²) in [7, 11) is -4.27. The third kappa shape index (κ3) is 5.45. The average Bonchev–Trinajstić information content (AvgIpc) is 3.61. The second kappa shape index (κ2) is 11.0. The zero-order valence-corrected chi connectivity index (χ0v) is 23.0. The molecule has 0 aliphatic carbocycles. The average molecular weight is 611 g/mol. The summed E-state index contributed by atoms with van der Waals surface area (Å²) in [5, 5.41) is 2.43. The number of hydrogen-bond acceptors (Lipinski definition) is 6. The maximum atomic E-state index is 13.6. The fourth-order valence-corrected chi connectivity index (χ4v) is 6.80. The second-order valence-corrected chi connectivity index (χ2v) is 11.8. The van der Waals surface area contributed by atoms with Crippen molar-refractivity contribution < 1.29 is 44.8 Å². The Labute approximate surface area is 237 Å². The van der Waals surface area contributed by atoms with Gasteiger partial charge in [0.25, 0.3) is 10.0 Å². The number of carbonyl (C=O) groups is 3. The normalized spacial score (nSPS) is 20.5. The Hall–Kier alpha value is -3.98. The molecule has 3 aromatic rings. The van der Waals surface area contributed by atoms with Crippen LogP contribution in [0.2, 0.25) is 0 Å². The lowest BCUT2D eigenvalue weighted by atomic mass is 10.0. The van der Waals surface area contributed by atoms with Crippen LogP contribution >= 0.6 is 0 Å². The van der Waals surface area contributed by atoms with Gasteiger partial charge < -0.3 is 9.73 Å². The second-order valence-electron chi connectivity index (χ2n) is 9.98. The number of nitrogens with zero attached hydrogens (tertiary/aromatic N) is 3. The first-order valence-corrected chi connectivity index (χ1v) is 14.5. The van der Waals surface area contributed by atoms with Gasteiger partial charge >= 0.3 is 12.2 Å². The summed E-state index contributed by atoms with van der Waals surface area (Å²) in [5.74, 6) is -2.74. The lowest BCUT2D eigenvalue weighted by Gasteiger charge is -2.38. The van der Waals surface area contributed by atoms with Gasteiger partial charge in [0.2, 0.25) is 16.9 Å². The lowest BCUT2D eigenvalue weighted by Crippen LogP contribution is -2.59. The van der Waals surface area contributed by atoms with E-state index >= 15 is 0 Å². The molecule has 4 amide bonds. The number of urea groups is 1. The molecule has 0 saturated carbocycles. The molecule has 224 valence electrons. The Bertz CT molecular complexity index is 1640.